The van der Waals surface area contributed by atoms with Crippen molar-refractivity contribution in [3.63, 3.8) is 0 Å². The van der Waals surface area contributed by atoms with Gasteiger partial charge in [-0.05, 0) is 54.3 Å². The fraction of sp³-hybridized carbons (Fsp3) is 0.440. The molecule has 1 N–H and O–H groups in total. The van der Waals surface area contributed by atoms with E-state index in [1.807, 2.05) is 13.8 Å². The lowest BCUT2D eigenvalue weighted by atomic mass is 10.1. The molecule has 1 saturated heterocycles. The van der Waals surface area contributed by atoms with Gasteiger partial charge in [-0.25, -0.2) is 14.0 Å². The summed E-state index contributed by atoms with van der Waals surface area (Å²) in [5.74, 6) is -1.96. The van der Waals surface area contributed by atoms with Crippen LogP contribution in [0.4, 0.5) is 22.4 Å². The zero-order chi connectivity index (χ0) is 26.3. The number of nitrogens with zero attached hydrogens (tertiary/aromatic N) is 2. The summed E-state index contributed by atoms with van der Waals surface area (Å²) < 4.78 is 57.9. The number of hydrogen-bond donors (Lipinski definition) is 1. The van der Waals surface area contributed by atoms with E-state index >= 15 is 0 Å². The Balaban J connectivity index is 1.85. The molecular weight excluding hydrogens is 482 g/mol. The molecule has 196 valence electrons. The zero-order valence-electron chi connectivity index (χ0n) is 20.1. The molecule has 0 radical (unpaired) electrons. The van der Waals surface area contributed by atoms with Gasteiger partial charge in [0.05, 0.1) is 12.6 Å². The van der Waals surface area contributed by atoms with Crippen molar-refractivity contribution < 1.29 is 36.7 Å². The first-order valence-electron chi connectivity index (χ1n) is 11.6. The molecule has 2 amide bonds. The standard InChI is InChI=1S/C25H29F4N3O4/c1-17(2)16-35-22-9-5-19(6-10-22)15-31(14-18-3-7-20(26)8-4-18)24(34)32(21-11-12-30-13-21)36-23(33)25(27,28)29/h3-10,17,21,30H,11-16H2,1-2H3/t21-/m1/s1. The van der Waals surface area contributed by atoms with Crippen LogP contribution in [0.2, 0.25) is 0 Å². The molecule has 0 aliphatic carbocycles. The monoisotopic (exact) mass is 511 g/mol. The van der Waals surface area contributed by atoms with Crippen LogP contribution in [0.3, 0.4) is 0 Å². The van der Waals surface area contributed by atoms with Gasteiger partial charge in [0.25, 0.3) is 0 Å². The average molecular weight is 512 g/mol. The Hall–Kier alpha value is -3.34. The predicted octanol–water partition coefficient (Wildman–Crippen LogP) is 4.67. The minimum atomic E-state index is -5.27. The van der Waals surface area contributed by atoms with E-state index in [9.17, 15) is 27.2 Å². The van der Waals surface area contributed by atoms with Gasteiger partial charge in [-0.15, -0.1) is 5.06 Å². The average Bonchev–Trinajstić information content (AvgIpc) is 3.36. The zero-order valence-corrected chi connectivity index (χ0v) is 20.1. The van der Waals surface area contributed by atoms with Crippen LogP contribution in [-0.4, -0.2) is 53.9 Å². The van der Waals surface area contributed by atoms with E-state index in [0.717, 1.165) is 0 Å². The molecule has 1 fully saturated rings. The van der Waals surface area contributed by atoms with Crippen LogP contribution in [0.15, 0.2) is 48.5 Å². The summed E-state index contributed by atoms with van der Waals surface area (Å²) >= 11 is 0. The molecule has 0 spiro atoms. The largest absolute Gasteiger partial charge is 0.493 e. The third-order valence-corrected chi connectivity index (χ3v) is 5.40. The molecule has 2 aromatic carbocycles. The maximum Gasteiger partial charge on any atom is 0.493 e. The van der Waals surface area contributed by atoms with Crippen LogP contribution in [0, 0.1) is 11.7 Å². The Morgan fingerprint density at radius 3 is 2.11 bits per heavy atom. The summed E-state index contributed by atoms with van der Waals surface area (Å²) in [6.07, 6.45) is -4.96. The van der Waals surface area contributed by atoms with E-state index in [-0.39, 0.29) is 19.6 Å². The highest BCUT2D eigenvalue weighted by Gasteiger charge is 2.45. The van der Waals surface area contributed by atoms with Crippen molar-refractivity contribution in [3.05, 3.63) is 65.5 Å². The Bertz CT molecular complexity index is 1010. The summed E-state index contributed by atoms with van der Waals surface area (Å²) in [5, 5.41) is 3.45. The minimum Gasteiger partial charge on any atom is -0.493 e. The van der Waals surface area contributed by atoms with Crippen LogP contribution < -0.4 is 10.1 Å². The molecule has 11 heteroatoms. The van der Waals surface area contributed by atoms with Crippen LogP contribution in [0.1, 0.15) is 31.4 Å². The number of ether oxygens (including phenoxy) is 1. The van der Waals surface area contributed by atoms with Gasteiger partial charge in [0.15, 0.2) is 0 Å². The second kappa shape index (κ2) is 12.1. The van der Waals surface area contributed by atoms with Gasteiger partial charge in [-0.3, -0.25) is 0 Å². The molecule has 2 aromatic rings. The molecule has 0 saturated carbocycles. The number of amides is 2. The fourth-order valence-corrected chi connectivity index (χ4v) is 3.57. The van der Waals surface area contributed by atoms with Gasteiger partial charge in [0, 0.05) is 19.6 Å². The number of urea groups is 1. The Labute approximate surface area is 206 Å². The summed E-state index contributed by atoms with van der Waals surface area (Å²) in [5.41, 5.74) is 1.22. The number of rotatable bonds is 8. The summed E-state index contributed by atoms with van der Waals surface area (Å²) in [7, 11) is 0. The first kappa shape index (κ1) is 27.3. The fourth-order valence-electron chi connectivity index (χ4n) is 3.57. The number of benzene rings is 2. The highest BCUT2D eigenvalue weighted by Crippen LogP contribution is 2.23. The molecule has 1 aliphatic rings. The Morgan fingerprint density at radius 2 is 1.61 bits per heavy atom. The van der Waals surface area contributed by atoms with Crippen molar-refractivity contribution in [3.8, 4) is 5.75 Å². The van der Waals surface area contributed by atoms with Crippen molar-refractivity contribution in [2.24, 2.45) is 5.92 Å². The molecule has 0 aromatic heterocycles. The number of carbonyl (C=O) groups excluding carboxylic acids is 2. The van der Waals surface area contributed by atoms with E-state index in [2.05, 4.69) is 10.2 Å². The number of hydroxylamine groups is 2. The van der Waals surface area contributed by atoms with Crippen LogP contribution in [0.25, 0.3) is 0 Å². The molecule has 1 heterocycles. The van der Waals surface area contributed by atoms with Crippen molar-refractivity contribution >= 4 is 12.0 Å². The quantitative estimate of drug-likeness (QED) is 0.412. The van der Waals surface area contributed by atoms with E-state index < -0.39 is 30.0 Å². The minimum absolute atomic E-state index is 0.000880. The van der Waals surface area contributed by atoms with Crippen LogP contribution in [-0.2, 0) is 22.7 Å². The second-order valence-corrected chi connectivity index (χ2v) is 8.96. The van der Waals surface area contributed by atoms with E-state index in [4.69, 9.17) is 4.74 Å². The molecule has 1 atom stereocenters. The van der Waals surface area contributed by atoms with Gasteiger partial charge in [0.1, 0.15) is 11.6 Å². The number of halogens is 4. The molecule has 36 heavy (non-hydrogen) atoms. The van der Waals surface area contributed by atoms with Gasteiger partial charge < -0.3 is 19.8 Å². The third kappa shape index (κ3) is 7.84. The molecule has 0 bridgehead atoms. The highest BCUT2D eigenvalue weighted by atomic mass is 19.4. The van der Waals surface area contributed by atoms with Crippen molar-refractivity contribution in [2.75, 3.05) is 19.7 Å². The van der Waals surface area contributed by atoms with E-state index in [0.29, 0.717) is 47.4 Å². The van der Waals surface area contributed by atoms with Gasteiger partial charge in [-0.2, -0.15) is 13.2 Å². The third-order valence-electron chi connectivity index (χ3n) is 5.40. The summed E-state index contributed by atoms with van der Waals surface area (Å²) in [6.45, 7) is 5.14. The number of alkyl halides is 3. The molecule has 1 aliphatic heterocycles. The maximum absolute atomic E-state index is 13.5. The molecule has 3 rings (SSSR count). The second-order valence-electron chi connectivity index (χ2n) is 8.96. The maximum atomic E-state index is 13.5. The first-order chi connectivity index (χ1) is 17.0. The Morgan fingerprint density at radius 1 is 1.03 bits per heavy atom. The molecule has 0 unspecified atom stereocenters. The number of nitrogens with one attached hydrogen (secondary N) is 1. The summed E-state index contributed by atoms with van der Waals surface area (Å²) in [4.78, 5) is 30.9. The highest BCUT2D eigenvalue weighted by molar-refractivity contribution is 5.80. The van der Waals surface area contributed by atoms with Gasteiger partial charge in [-0.1, -0.05) is 38.1 Å². The normalized spacial score (nSPS) is 15.6. The van der Waals surface area contributed by atoms with Crippen LogP contribution >= 0.6 is 0 Å². The van der Waals surface area contributed by atoms with E-state index in [1.165, 1.54) is 29.2 Å². The topological polar surface area (TPSA) is 71.1 Å². The van der Waals surface area contributed by atoms with Crippen molar-refractivity contribution in [1.82, 2.24) is 15.3 Å². The molecular formula is C25H29F4N3O4. The van der Waals surface area contributed by atoms with Crippen molar-refractivity contribution in [2.45, 2.75) is 45.6 Å². The summed E-state index contributed by atoms with van der Waals surface area (Å²) in [6, 6.07) is 10.7. The lowest BCUT2D eigenvalue weighted by Gasteiger charge is -2.32. The lowest BCUT2D eigenvalue weighted by Crippen LogP contribution is -2.50. The molecule has 7 nitrogen and oxygen atoms in total. The van der Waals surface area contributed by atoms with Crippen molar-refractivity contribution in [1.29, 1.82) is 0 Å². The lowest BCUT2D eigenvalue weighted by molar-refractivity contribution is -0.234. The smallest absolute Gasteiger partial charge is 0.493 e. The van der Waals surface area contributed by atoms with Gasteiger partial charge >= 0.3 is 18.2 Å². The Kier molecular flexibility index (Phi) is 9.14. The number of carbonyl (C=O) groups is 2. The first-order valence-corrected chi connectivity index (χ1v) is 11.6. The predicted molar refractivity (Wildman–Crippen MR) is 123 cm³/mol. The van der Waals surface area contributed by atoms with E-state index in [1.54, 1.807) is 24.3 Å². The van der Waals surface area contributed by atoms with Crippen LogP contribution in [0.5, 0.6) is 5.75 Å². The van der Waals surface area contributed by atoms with Gasteiger partial charge in [0.2, 0.25) is 0 Å². The SMILES string of the molecule is CC(C)COc1ccc(CN(Cc2ccc(F)cc2)C(=O)N(OC(=O)C(F)(F)F)[C@@H]2CCNC2)cc1. The number of hydrogen-bond acceptors (Lipinski definition) is 5.